The number of amides is 1. The molecule has 3 nitrogen and oxygen atoms in total. The molecule has 1 aromatic rings. The van der Waals surface area contributed by atoms with Gasteiger partial charge >= 0.3 is 0 Å². The lowest BCUT2D eigenvalue weighted by atomic mass is 10.1. The van der Waals surface area contributed by atoms with E-state index < -0.39 is 6.10 Å². The van der Waals surface area contributed by atoms with Gasteiger partial charge in [0.25, 0.3) is 0 Å². The van der Waals surface area contributed by atoms with E-state index in [-0.39, 0.29) is 18.3 Å². The number of benzene rings is 1. The average molecular weight is 295 g/mol. The largest absolute Gasteiger partial charge is 0.387 e. The van der Waals surface area contributed by atoms with Crippen molar-refractivity contribution in [1.29, 1.82) is 0 Å². The van der Waals surface area contributed by atoms with Crippen LogP contribution in [-0.4, -0.2) is 17.6 Å². The first-order valence-corrected chi connectivity index (χ1v) is 7.83. The Morgan fingerprint density at radius 1 is 1.14 bits per heavy atom. The molecule has 1 amide bonds. The zero-order chi connectivity index (χ0) is 15.5. The summed E-state index contributed by atoms with van der Waals surface area (Å²) in [6, 6.07) is 5.66. The zero-order valence-electron chi connectivity index (χ0n) is 12.8. The molecule has 0 aromatic heterocycles. The minimum Gasteiger partial charge on any atom is -0.387 e. The van der Waals surface area contributed by atoms with Crippen LogP contribution in [0.3, 0.4) is 0 Å². The Kier molecular flexibility index (Phi) is 8.67. The Hall–Kier alpha value is -1.42. The van der Waals surface area contributed by atoms with Crippen LogP contribution in [-0.2, 0) is 4.79 Å². The molecule has 0 radical (unpaired) electrons. The summed E-state index contributed by atoms with van der Waals surface area (Å²) < 4.78 is 12.8. The number of hydrogen-bond donors (Lipinski definition) is 2. The smallest absolute Gasteiger partial charge is 0.220 e. The number of aliphatic hydroxyl groups is 1. The maximum Gasteiger partial charge on any atom is 0.220 e. The van der Waals surface area contributed by atoms with Crippen LogP contribution >= 0.6 is 0 Å². The molecular weight excluding hydrogens is 269 g/mol. The maximum absolute atomic E-state index is 12.8. The van der Waals surface area contributed by atoms with Crippen LogP contribution in [0.25, 0.3) is 0 Å². The van der Waals surface area contributed by atoms with Gasteiger partial charge < -0.3 is 10.4 Å². The third-order valence-corrected chi connectivity index (χ3v) is 3.50. The number of halogens is 1. The number of hydrogen-bond acceptors (Lipinski definition) is 2. The fourth-order valence-electron chi connectivity index (χ4n) is 2.17. The number of nitrogens with one attached hydrogen (secondary N) is 1. The van der Waals surface area contributed by atoms with E-state index in [0.717, 1.165) is 12.8 Å². The van der Waals surface area contributed by atoms with Crippen molar-refractivity contribution < 1.29 is 14.3 Å². The first-order valence-electron chi connectivity index (χ1n) is 7.83. The van der Waals surface area contributed by atoms with Gasteiger partial charge in [-0.15, -0.1) is 0 Å². The van der Waals surface area contributed by atoms with Crippen LogP contribution in [0.4, 0.5) is 4.39 Å². The molecule has 0 aliphatic rings. The lowest BCUT2D eigenvalue weighted by Gasteiger charge is -2.12. The monoisotopic (exact) mass is 295 g/mol. The van der Waals surface area contributed by atoms with Crippen LogP contribution in [0, 0.1) is 5.82 Å². The van der Waals surface area contributed by atoms with Crippen molar-refractivity contribution in [2.24, 2.45) is 0 Å². The summed E-state index contributed by atoms with van der Waals surface area (Å²) in [7, 11) is 0. The highest BCUT2D eigenvalue weighted by molar-refractivity contribution is 5.75. The fraction of sp³-hybridized carbons (Fsp3) is 0.588. The van der Waals surface area contributed by atoms with E-state index in [1.807, 2.05) is 0 Å². The zero-order valence-corrected chi connectivity index (χ0v) is 12.8. The van der Waals surface area contributed by atoms with Gasteiger partial charge in [0.1, 0.15) is 5.82 Å². The Morgan fingerprint density at radius 2 is 1.76 bits per heavy atom. The molecule has 1 atom stereocenters. The second-order valence-corrected chi connectivity index (χ2v) is 5.39. The van der Waals surface area contributed by atoms with Gasteiger partial charge in [-0.2, -0.15) is 0 Å². The minimum atomic E-state index is -0.792. The Labute approximate surface area is 126 Å². The summed E-state index contributed by atoms with van der Waals surface area (Å²) in [4.78, 5) is 11.6. The van der Waals surface area contributed by atoms with E-state index in [9.17, 15) is 14.3 Å². The number of aliphatic hydroxyl groups excluding tert-OH is 1. The molecule has 0 aliphatic heterocycles. The maximum atomic E-state index is 12.8. The molecule has 21 heavy (non-hydrogen) atoms. The second-order valence-electron chi connectivity index (χ2n) is 5.39. The molecule has 0 spiro atoms. The van der Waals surface area contributed by atoms with Gasteiger partial charge in [-0.1, -0.05) is 51.2 Å². The summed E-state index contributed by atoms with van der Waals surface area (Å²) in [6.45, 7) is 2.35. The van der Waals surface area contributed by atoms with E-state index in [1.165, 1.54) is 49.9 Å². The van der Waals surface area contributed by atoms with Crippen LogP contribution in [0.15, 0.2) is 24.3 Å². The Morgan fingerprint density at radius 3 is 2.43 bits per heavy atom. The normalized spacial score (nSPS) is 12.1. The second kappa shape index (κ2) is 10.3. The van der Waals surface area contributed by atoms with E-state index in [4.69, 9.17) is 0 Å². The summed E-state index contributed by atoms with van der Waals surface area (Å²) in [5, 5.41) is 12.6. The fourth-order valence-corrected chi connectivity index (χ4v) is 2.17. The average Bonchev–Trinajstić information content (AvgIpc) is 2.49. The lowest BCUT2D eigenvalue weighted by Crippen LogP contribution is -2.28. The molecule has 0 saturated carbocycles. The van der Waals surface area contributed by atoms with Crippen LogP contribution in [0.5, 0.6) is 0 Å². The van der Waals surface area contributed by atoms with Crippen molar-refractivity contribution in [3.05, 3.63) is 35.6 Å². The highest BCUT2D eigenvalue weighted by Crippen LogP contribution is 2.12. The number of unbranched alkanes of at least 4 members (excludes halogenated alkanes) is 5. The molecule has 4 heteroatoms. The van der Waals surface area contributed by atoms with Crippen LogP contribution < -0.4 is 5.32 Å². The molecule has 0 aliphatic carbocycles. The predicted octanol–water partition coefficient (Wildman–Crippen LogP) is 3.73. The third-order valence-electron chi connectivity index (χ3n) is 3.50. The molecule has 1 unspecified atom stereocenters. The van der Waals surface area contributed by atoms with Gasteiger partial charge in [-0.05, 0) is 24.1 Å². The molecule has 0 heterocycles. The van der Waals surface area contributed by atoms with E-state index >= 15 is 0 Å². The highest BCUT2D eigenvalue weighted by Gasteiger charge is 2.09. The van der Waals surface area contributed by atoms with Crippen molar-refractivity contribution in [1.82, 2.24) is 5.32 Å². The minimum absolute atomic E-state index is 0.0355. The lowest BCUT2D eigenvalue weighted by molar-refractivity contribution is -0.121. The predicted molar refractivity (Wildman–Crippen MR) is 82.4 cm³/mol. The van der Waals surface area contributed by atoms with Crippen LogP contribution in [0.2, 0.25) is 0 Å². The first kappa shape index (κ1) is 17.6. The van der Waals surface area contributed by atoms with Gasteiger partial charge in [-0.3, -0.25) is 4.79 Å². The molecule has 0 fully saturated rings. The number of rotatable bonds is 10. The Balaban J connectivity index is 2.13. The van der Waals surface area contributed by atoms with Crippen molar-refractivity contribution in [3.63, 3.8) is 0 Å². The topological polar surface area (TPSA) is 49.3 Å². The quantitative estimate of drug-likeness (QED) is 0.646. The molecule has 1 aromatic carbocycles. The summed E-state index contributed by atoms with van der Waals surface area (Å²) in [6.07, 6.45) is 6.58. The van der Waals surface area contributed by atoms with Crippen molar-refractivity contribution in [2.45, 2.75) is 58.0 Å². The van der Waals surface area contributed by atoms with E-state index in [2.05, 4.69) is 12.2 Å². The number of carbonyl (C=O) groups is 1. The highest BCUT2D eigenvalue weighted by atomic mass is 19.1. The molecular formula is C17H26FNO2. The summed E-state index contributed by atoms with van der Waals surface area (Å²) in [5.74, 6) is -0.371. The van der Waals surface area contributed by atoms with Gasteiger partial charge in [-0.25, -0.2) is 4.39 Å². The summed E-state index contributed by atoms with van der Waals surface area (Å²) in [5.41, 5.74) is 0.608. The molecule has 1 rings (SSSR count). The van der Waals surface area contributed by atoms with Crippen molar-refractivity contribution in [2.75, 3.05) is 6.54 Å². The molecule has 118 valence electrons. The standard InChI is InChI=1S/C17H26FNO2/c1-2-3-4-5-6-7-8-17(21)19-13-16(20)14-9-11-15(18)12-10-14/h9-12,16,20H,2-8,13H2,1H3,(H,19,21). The van der Waals surface area contributed by atoms with Crippen molar-refractivity contribution >= 4 is 5.91 Å². The third kappa shape index (κ3) is 7.81. The molecule has 2 N–H and O–H groups in total. The summed E-state index contributed by atoms with van der Waals surface area (Å²) >= 11 is 0. The van der Waals surface area contributed by atoms with Gasteiger partial charge in [0.2, 0.25) is 5.91 Å². The first-order chi connectivity index (χ1) is 10.1. The number of carbonyl (C=O) groups excluding carboxylic acids is 1. The van der Waals surface area contributed by atoms with Gasteiger partial charge in [0.15, 0.2) is 0 Å². The molecule has 0 bridgehead atoms. The van der Waals surface area contributed by atoms with E-state index in [1.54, 1.807) is 0 Å². The molecule has 0 saturated heterocycles. The van der Waals surface area contributed by atoms with Gasteiger partial charge in [0, 0.05) is 13.0 Å². The van der Waals surface area contributed by atoms with Crippen LogP contribution in [0.1, 0.15) is 63.5 Å². The SMILES string of the molecule is CCCCCCCCC(=O)NCC(O)c1ccc(F)cc1. The van der Waals surface area contributed by atoms with Gasteiger partial charge in [0.05, 0.1) is 6.10 Å². The Bertz CT molecular complexity index is 406. The van der Waals surface area contributed by atoms with E-state index in [0.29, 0.717) is 12.0 Å². The van der Waals surface area contributed by atoms with Crippen molar-refractivity contribution in [3.8, 4) is 0 Å².